The molecule has 74 valence electrons. The van der Waals surface area contributed by atoms with E-state index in [1.165, 1.54) is 0 Å². The van der Waals surface area contributed by atoms with Crippen molar-refractivity contribution in [2.75, 3.05) is 13.7 Å². The van der Waals surface area contributed by atoms with Gasteiger partial charge >= 0.3 is 0 Å². The van der Waals surface area contributed by atoms with Gasteiger partial charge in [-0.15, -0.1) is 0 Å². The molecule has 13 heavy (non-hydrogen) atoms. The van der Waals surface area contributed by atoms with Crippen LogP contribution in [0.1, 0.15) is 20.3 Å². The van der Waals surface area contributed by atoms with Gasteiger partial charge in [0.15, 0.2) is 0 Å². The first-order valence-electron chi connectivity index (χ1n) is 4.68. The molecule has 1 aliphatic heterocycles. The first-order chi connectivity index (χ1) is 6.11. The Labute approximate surface area is 80.8 Å². The van der Waals surface area contributed by atoms with E-state index in [-0.39, 0.29) is 24.6 Å². The van der Waals surface area contributed by atoms with Gasteiger partial charge in [-0.1, -0.05) is 13.8 Å². The van der Waals surface area contributed by atoms with E-state index in [4.69, 9.17) is 17.3 Å². The molecule has 0 aromatic carbocycles. The maximum absolute atomic E-state index is 9.29. The molecule has 0 bridgehead atoms. The van der Waals surface area contributed by atoms with E-state index in [2.05, 4.69) is 0 Å². The van der Waals surface area contributed by atoms with Crippen LogP contribution >= 0.6 is 0 Å². The molecule has 4 heteroatoms. The van der Waals surface area contributed by atoms with E-state index < -0.39 is 5.60 Å². The normalized spacial score (nSPS) is 45.4. The van der Waals surface area contributed by atoms with Crippen LogP contribution in [0.2, 0.25) is 0 Å². The molecule has 2 unspecified atom stereocenters. The Kier molecular flexibility index (Phi) is 3.38. The lowest BCUT2D eigenvalue weighted by molar-refractivity contribution is -0.111. The number of aliphatic hydroxyl groups is 1. The minimum atomic E-state index is -0.604. The molecule has 0 saturated carbocycles. The Morgan fingerprint density at radius 1 is 1.62 bits per heavy atom. The second-order valence-electron chi connectivity index (χ2n) is 3.67. The highest BCUT2D eigenvalue weighted by atomic mass is 16.6. The molecule has 1 fully saturated rings. The molecule has 4 atom stereocenters. The summed E-state index contributed by atoms with van der Waals surface area (Å²) in [6, 6.07) is -0.336. The van der Waals surface area contributed by atoms with Gasteiger partial charge in [0.25, 0.3) is 0 Å². The van der Waals surface area contributed by atoms with E-state index >= 15 is 0 Å². The molecule has 1 rings (SSSR count). The zero-order valence-electron chi connectivity index (χ0n) is 8.49. The fraction of sp³-hybridized carbons (Fsp3) is 1.00. The van der Waals surface area contributed by atoms with Crippen LogP contribution in [0.25, 0.3) is 0 Å². The second-order valence-corrected chi connectivity index (χ2v) is 3.67. The molecule has 1 N–H and O–H groups in total. The highest BCUT2D eigenvalue weighted by Gasteiger charge is 2.50. The van der Waals surface area contributed by atoms with Crippen LogP contribution in [0, 0.1) is 5.92 Å². The zero-order chi connectivity index (χ0) is 10.1. The van der Waals surface area contributed by atoms with Crippen LogP contribution in [0.3, 0.4) is 0 Å². The third-order valence-corrected chi connectivity index (χ3v) is 3.01. The van der Waals surface area contributed by atoms with Gasteiger partial charge in [-0.05, 0) is 6.42 Å². The molecule has 1 saturated heterocycles. The summed E-state index contributed by atoms with van der Waals surface area (Å²) in [6.45, 7) is 3.90. The fourth-order valence-corrected chi connectivity index (χ4v) is 2.05. The van der Waals surface area contributed by atoms with E-state index in [1.54, 1.807) is 7.11 Å². The Bertz CT molecular complexity index is 170. The summed E-state index contributed by atoms with van der Waals surface area (Å²) in [7, 11) is 7.39. The van der Waals surface area contributed by atoms with Crippen molar-refractivity contribution in [3.05, 3.63) is 0 Å². The van der Waals surface area contributed by atoms with Crippen molar-refractivity contribution >= 4 is 7.85 Å². The molecule has 3 nitrogen and oxygen atoms in total. The fourth-order valence-electron chi connectivity index (χ4n) is 2.05. The van der Waals surface area contributed by atoms with E-state index in [0.717, 1.165) is 0 Å². The number of rotatable bonds is 3. The van der Waals surface area contributed by atoms with Crippen molar-refractivity contribution in [2.45, 2.75) is 38.0 Å². The predicted octanol–water partition coefficient (Wildman–Crippen LogP) is 0.303. The van der Waals surface area contributed by atoms with Crippen molar-refractivity contribution < 1.29 is 14.6 Å². The van der Waals surface area contributed by atoms with Crippen LogP contribution in [0.5, 0.6) is 0 Å². The maximum Gasteiger partial charge on any atom is 0.117 e. The van der Waals surface area contributed by atoms with Crippen molar-refractivity contribution in [2.24, 2.45) is 5.92 Å². The summed E-state index contributed by atoms with van der Waals surface area (Å²) in [4.78, 5) is 0. The van der Waals surface area contributed by atoms with Crippen molar-refractivity contribution in [3.8, 4) is 0 Å². The van der Waals surface area contributed by atoms with Crippen molar-refractivity contribution in [1.29, 1.82) is 0 Å². The summed E-state index contributed by atoms with van der Waals surface area (Å²) in [5.41, 5.74) is -0.604. The van der Waals surface area contributed by atoms with Gasteiger partial charge in [-0.3, -0.25) is 0 Å². The monoisotopic (exact) mass is 184 g/mol. The van der Waals surface area contributed by atoms with E-state index in [9.17, 15) is 5.11 Å². The van der Waals surface area contributed by atoms with E-state index in [1.807, 2.05) is 13.8 Å². The number of hydrogen-bond donors (Lipinski definition) is 1. The van der Waals surface area contributed by atoms with Crippen LogP contribution < -0.4 is 0 Å². The molecular weight excluding hydrogens is 167 g/mol. The molecule has 0 spiro atoms. The standard InChI is InChI=1S/C9H17BO3/c1-4-9(5-11)7(12-3)6(2)8(10)13-9/h6-8,11H,4-5H2,1-3H3/t6?,7-,8?,9+/m0/s1. The SMILES string of the molecule is [B]C1O[C@](CC)(CO)[C@@H](OC)C1C. The van der Waals surface area contributed by atoms with Gasteiger partial charge in [-0.25, -0.2) is 0 Å². The van der Waals surface area contributed by atoms with Crippen LogP contribution in [-0.2, 0) is 9.47 Å². The minimum Gasteiger partial charge on any atom is -0.393 e. The Morgan fingerprint density at radius 3 is 2.54 bits per heavy atom. The van der Waals surface area contributed by atoms with Gasteiger partial charge in [0, 0.05) is 19.0 Å². The Hall–Kier alpha value is -0.0551. The molecule has 0 aromatic rings. The van der Waals surface area contributed by atoms with Crippen LogP contribution in [0.4, 0.5) is 0 Å². The van der Waals surface area contributed by atoms with Gasteiger partial charge < -0.3 is 14.6 Å². The van der Waals surface area contributed by atoms with E-state index in [0.29, 0.717) is 6.42 Å². The maximum atomic E-state index is 9.29. The van der Waals surface area contributed by atoms with Crippen LogP contribution in [0.15, 0.2) is 0 Å². The third-order valence-electron chi connectivity index (χ3n) is 3.01. The molecule has 0 amide bonds. The summed E-state index contributed by atoms with van der Waals surface area (Å²) in [6.07, 6.45) is 0.595. The summed E-state index contributed by atoms with van der Waals surface area (Å²) in [5.74, 6) is 0.122. The summed E-state index contributed by atoms with van der Waals surface area (Å²) in [5, 5.41) is 9.29. The molecule has 0 aliphatic carbocycles. The Balaban J connectivity index is 2.85. The van der Waals surface area contributed by atoms with Crippen LogP contribution in [-0.4, -0.2) is 44.4 Å². The molecular formula is C9H17BO3. The average molecular weight is 184 g/mol. The molecule has 2 radical (unpaired) electrons. The average Bonchev–Trinajstić information content (AvgIpc) is 2.40. The number of methoxy groups -OCH3 is 1. The third kappa shape index (κ3) is 1.63. The van der Waals surface area contributed by atoms with Gasteiger partial charge in [0.2, 0.25) is 0 Å². The molecule has 1 aliphatic rings. The van der Waals surface area contributed by atoms with Gasteiger partial charge in [-0.2, -0.15) is 0 Å². The predicted molar refractivity (Wildman–Crippen MR) is 50.7 cm³/mol. The summed E-state index contributed by atoms with van der Waals surface area (Å²) < 4.78 is 10.9. The van der Waals surface area contributed by atoms with Crippen molar-refractivity contribution in [1.82, 2.24) is 0 Å². The van der Waals surface area contributed by atoms with Gasteiger partial charge in [0.05, 0.1) is 12.7 Å². The smallest absolute Gasteiger partial charge is 0.117 e. The molecule has 0 aromatic heterocycles. The minimum absolute atomic E-state index is 0.0416. The lowest BCUT2D eigenvalue weighted by atomic mass is 9.82. The van der Waals surface area contributed by atoms with Gasteiger partial charge in [0.1, 0.15) is 13.4 Å². The Morgan fingerprint density at radius 2 is 2.23 bits per heavy atom. The first kappa shape index (κ1) is 11.0. The lowest BCUT2D eigenvalue weighted by Gasteiger charge is -2.31. The number of ether oxygens (including phenoxy) is 2. The quantitative estimate of drug-likeness (QED) is 0.641. The molecule has 1 heterocycles. The highest BCUT2D eigenvalue weighted by Crippen LogP contribution is 2.37. The summed E-state index contributed by atoms with van der Waals surface area (Å²) >= 11 is 0. The first-order valence-corrected chi connectivity index (χ1v) is 4.68. The topological polar surface area (TPSA) is 38.7 Å². The van der Waals surface area contributed by atoms with Crippen molar-refractivity contribution in [3.63, 3.8) is 0 Å². The highest BCUT2D eigenvalue weighted by molar-refractivity contribution is 6.11. The number of aliphatic hydroxyl groups excluding tert-OH is 1. The number of hydrogen-bond acceptors (Lipinski definition) is 3. The lowest BCUT2D eigenvalue weighted by Crippen LogP contribution is -2.45. The second kappa shape index (κ2) is 3.99. The largest absolute Gasteiger partial charge is 0.393 e. The zero-order valence-corrected chi connectivity index (χ0v) is 8.49.